The summed E-state index contributed by atoms with van der Waals surface area (Å²) in [5.74, 6) is -0.344. The molecule has 0 atom stereocenters. The summed E-state index contributed by atoms with van der Waals surface area (Å²) in [4.78, 5) is 29.6. The van der Waals surface area contributed by atoms with Crippen LogP contribution in [0.1, 0.15) is 39.3 Å². The predicted molar refractivity (Wildman–Crippen MR) is 105 cm³/mol. The number of rotatable bonds is 6. The largest absolute Gasteiger partial charge is 0.366 e. The van der Waals surface area contributed by atoms with E-state index < -0.39 is 5.91 Å². The summed E-state index contributed by atoms with van der Waals surface area (Å²) in [5.41, 5.74) is 6.90. The third-order valence-corrected chi connectivity index (χ3v) is 5.26. The molecule has 1 aromatic heterocycles. The summed E-state index contributed by atoms with van der Waals surface area (Å²) >= 11 is 6.24. The van der Waals surface area contributed by atoms with Gasteiger partial charge in [0.05, 0.1) is 5.56 Å². The summed E-state index contributed by atoms with van der Waals surface area (Å²) < 4.78 is 0. The van der Waals surface area contributed by atoms with Gasteiger partial charge in [-0.15, -0.1) is 0 Å². The molecule has 0 unspecified atom stereocenters. The van der Waals surface area contributed by atoms with E-state index in [0.717, 1.165) is 43.1 Å². The van der Waals surface area contributed by atoms with Gasteiger partial charge in [-0.3, -0.25) is 19.5 Å². The van der Waals surface area contributed by atoms with Crippen LogP contribution < -0.4 is 11.1 Å². The molecular weight excluding hydrogens is 364 g/mol. The van der Waals surface area contributed by atoms with Crippen molar-refractivity contribution in [2.45, 2.75) is 19.4 Å². The molecule has 1 aliphatic rings. The van der Waals surface area contributed by atoms with Gasteiger partial charge >= 0.3 is 0 Å². The molecule has 0 bridgehead atoms. The van der Waals surface area contributed by atoms with Crippen LogP contribution in [0.2, 0.25) is 5.02 Å². The normalized spacial score (nSPS) is 15.4. The van der Waals surface area contributed by atoms with E-state index in [1.807, 2.05) is 18.2 Å². The third-order valence-electron chi connectivity index (χ3n) is 4.89. The number of amides is 2. The second-order valence-electron chi connectivity index (χ2n) is 6.82. The number of nitrogens with two attached hydrogens (primary N) is 1. The van der Waals surface area contributed by atoms with Crippen LogP contribution in [0.15, 0.2) is 42.6 Å². The zero-order chi connectivity index (χ0) is 19.2. The lowest BCUT2D eigenvalue weighted by Crippen LogP contribution is -2.38. The summed E-state index contributed by atoms with van der Waals surface area (Å²) in [5, 5.41) is 3.74. The number of likely N-dealkylation sites (tertiary alicyclic amines) is 1. The number of halogens is 1. The van der Waals surface area contributed by atoms with E-state index in [1.165, 1.54) is 18.3 Å². The van der Waals surface area contributed by atoms with E-state index in [1.54, 1.807) is 0 Å². The number of primary amides is 1. The van der Waals surface area contributed by atoms with Gasteiger partial charge in [0, 0.05) is 24.3 Å². The van der Waals surface area contributed by atoms with Crippen LogP contribution >= 0.6 is 11.6 Å². The fourth-order valence-electron chi connectivity index (χ4n) is 3.22. The predicted octanol–water partition coefficient (Wildman–Crippen LogP) is 2.48. The van der Waals surface area contributed by atoms with Crippen LogP contribution in [0.25, 0.3) is 0 Å². The van der Waals surface area contributed by atoms with Crippen LogP contribution in [0, 0.1) is 5.92 Å². The zero-order valence-electron chi connectivity index (χ0n) is 15.0. The Kier molecular flexibility index (Phi) is 6.42. The van der Waals surface area contributed by atoms with E-state index >= 15 is 0 Å². The maximum absolute atomic E-state index is 12.2. The molecular formula is C20H23ClN4O2. The number of carbonyl (C=O) groups excluding carboxylic acids is 2. The number of nitrogens with one attached hydrogen (secondary N) is 1. The van der Waals surface area contributed by atoms with E-state index in [-0.39, 0.29) is 17.2 Å². The molecule has 7 heteroatoms. The van der Waals surface area contributed by atoms with Crippen molar-refractivity contribution in [3.8, 4) is 0 Å². The number of aromatic nitrogens is 1. The smallest absolute Gasteiger partial charge is 0.269 e. The van der Waals surface area contributed by atoms with Crippen molar-refractivity contribution in [3.05, 3.63) is 64.4 Å². The van der Waals surface area contributed by atoms with Gasteiger partial charge in [-0.05, 0) is 55.6 Å². The van der Waals surface area contributed by atoms with Crippen molar-refractivity contribution in [1.82, 2.24) is 15.2 Å². The topological polar surface area (TPSA) is 88.3 Å². The highest BCUT2D eigenvalue weighted by Crippen LogP contribution is 2.22. The average Bonchev–Trinajstić information content (AvgIpc) is 2.69. The Bertz CT molecular complexity index is 802. The minimum atomic E-state index is -0.557. The molecule has 1 fully saturated rings. The van der Waals surface area contributed by atoms with Gasteiger partial charge in [0.2, 0.25) is 5.91 Å². The molecule has 2 heterocycles. The average molecular weight is 387 g/mol. The van der Waals surface area contributed by atoms with Crippen molar-refractivity contribution in [2.24, 2.45) is 11.7 Å². The third kappa shape index (κ3) is 5.28. The Morgan fingerprint density at radius 1 is 1.19 bits per heavy atom. The Balaban J connectivity index is 1.43. The monoisotopic (exact) mass is 386 g/mol. The van der Waals surface area contributed by atoms with Gasteiger partial charge < -0.3 is 11.1 Å². The first-order valence-electron chi connectivity index (χ1n) is 9.02. The first kappa shape index (κ1) is 19.3. The highest BCUT2D eigenvalue weighted by Gasteiger charge is 2.20. The lowest BCUT2D eigenvalue weighted by atomic mass is 9.96. The molecule has 1 aliphatic heterocycles. The van der Waals surface area contributed by atoms with Crippen molar-refractivity contribution in [3.63, 3.8) is 0 Å². The number of carbonyl (C=O) groups is 2. The maximum Gasteiger partial charge on any atom is 0.269 e. The summed E-state index contributed by atoms with van der Waals surface area (Å²) in [6.07, 6.45) is 3.38. The van der Waals surface area contributed by atoms with Gasteiger partial charge in [-0.2, -0.15) is 0 Å². The van der Waals surface area contributed by atoms with Gasteiger partial charge in [-0.1, -0.05) is 29.8 Å². The van der Waals surface area contributed by atoms with Crippen LogP contribution in [-0.4, -0.2) is 41.3 Å². The summed E-state index contributed by atoms with van der Waals surface area (Å²) in [6.45, 7) is 3.45. The molecule has 1 aromatic carbocycles. The fourth-order valence-corrected chi connectivity index (χ4v) is 3.41. The minimum absolute atomic E-state index is 0.232. The molecule has 0 saturated carbocycles. The van der Waals surface area contributed by atoms with E-state index in [0.29, 0.717) is 12.5 Å². The van der Waals surface area contributed by atoms with Crippen molar-refractivity contribution in [1.29, 1.82) is 0 Å². The molecule has 6 nitrogen and oxygen atoms in total. The number of benzene rings is 1. The van der Waals surface area contributed by atoms with E-state index in [9.17, 15) is 9.59 Å². The number of piperidine rings is 1. The van der Waals surface area contributed by atoms with Gasteiger partial charge in [0.25, 0.3) is 5.91 Å². The Morgan fingerprint density at radius 2 is 1.93 bits per heavy atom. The zero-order valence-corrected chi connectivity index (χ0v) is 15.8. The summed E-state index contributed by atoms with van der Waals surface area (Å²) in [6, 6.07) is 11.0. The quantitative estimate of drug-likeness (QED) is 0.798. The standard InChI is InChI=1S/C20H23ClN4O2/c21-17-4-2-1-3-16(17)13-25-9-7-14(8-10-25)11-24-20(27)18-6-5-15(12-23-18)19(22)26/h1-6,12,14H,7-11,13H2,(H2,22,26)(H,24,27). The van der Waals surface area contributed by atoms with Crippen molar-refractivity contribution in [2.75, 3.05) is 19.6 Å². The second-order valence-corrected chi connectivity index (χ2v) is 7.22. The van der Waals surface area contributed by atoms with Gasteiger partial charge in [0.15, 0.2) is 0 Å². The second kappa shape index (κ2) is 8.97. The SMILES string of the molecule is NC(=O)c1ccc(C(=O)NCC2CCN(Cc3ccccc3Cl)CC2)nc1. The molecule has 2 amide bonds. The Labute approximate surface area is 163 Å². The molecule has 0 radical (unpaired) electrons. The molecule has 0 aliphatic carbocycles. The molecule has 142 valence electrons. The first-order chi connectivity index (χ1) is 13.0. The highest BCUT2D eigenvalue weighted by atomic mass is 35.5. The van der Waals surface area contributed by atoms with Crippen LogP contribution in [0.4, 0.5) is 0 Å². The molecule has 0 spiro atoms. The molecule has 3 rings (SSSR count). The van der Waals surface area contributed by atoms with Gasteiger partial charge in [0.1, 0.15) is 5.69 Å². The maximum atomic E-state index is 12.2. The molecule has 1 saturated heterocycles. The number of hydrogen-bond donors (Lipinski definition) is 2. The Morgan fingerprint density at radius 3 is 2.56 bits per heavy atom. The highest BCUT2D eigenvalue weighted by molar-refractivity contribution is 6.31. The molecule has 27 heavy (non-hydrogen) atoms. The van der Waals surface area contributed by atoms with E-state index in [2.05, 4.69) is 21.3 Å². The lowest BCUT2D eigenvalue weighted by Gasteiger charge is -2.32. The minimum Gasteiger partial charge on any atom is -0.366 e. The molecule has 2 aromatic rings. The van der Waals surface area contributed by atoms with Crippen molar-refractivity contribution >= 4 is 23.4 Å². The number of hydrogen-bond acceptors (Lipinski definition) is 4. The van der Waals surface area contributed by atoms with Crippen LogP contribution in [0.3, 0.4) is 0 Å². The van der Waals surface area contributed by atoms with Gasteiger partial charge in [-0.25, -0.2) is 0 Å². The van der Waals surface area contributed by atoms with Crippen LogP contribution in [-0.2, 0) is 6.54 Å². The number of nitrogens with zero attached hydrogens (tertiary/aromatic N) is 2. The van der Waals surface area contributed by atoms with Crippen LogP contribution in [0.5, 0.6) is 0 Å². The number of pyridine rings is 1. The Hall–Kier alpha value is -2.44. The fraction of sp³-hybridized carbons (Fsp3) is 0.350. The first-order valence-corrected chi connectivity index (χ1v) is 9.40. The summed E-state index contributed by atoms with van der Waals surface area (Å²) in [7, 11) is 0. The van der Waals surface area contributed by atoms with E-state index in [4.69, 9.17) is 17.3 Å². The van der Waals surface area contributed by atoms with Crippen molar-refractivity contribution < 1.29 is 9.59 Å². The lowest BCUT2D eigenvalue weighted by molar-refractivity contribution is 0.0928. The molecule has 3 N–H and O–H groups in total.